The molecular weight excluding hydrogens is 881 g/mol. The van der Waals surface area contributed by atoms with Gasteiger partial charge in [-0.1, -0.05) is 157 Å². The molecule has 16 heteroatoms. The Morgan fingerprint density at radius 3 is 2.15 bits per heavy atom. The zero-order valence-electron chi connectivity index (χ0n) is 39.5. The molecule has 0 bridgehead atoms. The highest BCUT2D eigenvalue weighted by molar-refractivity contribution is 7.48. The summed E-state index contributed by atoms with van der Waals surface area (Å²) in [6.45, 7) is 6.55. The number of phosphoric acid groups is 1. The highest BCUT2D eigenvalue weighted by atomic mass is 35.5. The van der Waals surface area contributed by atoms with Gasteiger partial charge < -0.3 is 33.9 Å². The predicted molar refractivity (Wildman–Crippen MR) is 259 cm³/mol. The number of nitrogens with two attached hydrogens (primary N) is 1. The van der Waals surface area contributed by atoms with Gasteiger partial charge in [-0.25, -0.2) is 14.1 Å². The highest BCUT2D eigenvalue weighted by Gasteiger charge is 2.64. The summed E-state index contributed by atoms with van der Waals surface area (Å²) in [7, 11) is -2.81. The van der Waals surface area contributed by atoms with Crippen molar-refractivity contribution in [1.29, 1.82) is 0 Å². The Morgan fingerprint density at radius 1 is 0.833 bits per heavy atom. The van der Waals surface area contributed by atoms with Gasteiger partial charge in [-0.3, -0.25) is 14.0 Å². The van der Waals surface area contributed by atoms with Crippen molar-refractivity contribution in [2.75, 3.05) is 39.2 Å². The van der Waals surface area contributed by atoms with Gasteiger partial charge in [0.2, 0.25) is 0 Å². The lowest BCUT2D eigenvalue weighted by Gasteiger charge is -2.31. The number of aromatic nitrogens is 3. The number of para-hydroxylation sites is 1. The van der Waals surface area contributed by atoms with E-state index in [1.165, 1.54) is 96.2 Å². The number of hydrogen-bond acceptors (Lipinski definition) is 13. The van der Waals surface area contributed by atoms with E-state index in [1.807, 2.05) is 50.2 Å². The van der Waals surface area contributed by atoms with Crippen LogP contribution in [0.25, 0.3) is 5.52 Å². The van der Waals surface area contributed by atoms with Crippen molar-refractivity contribution in [1.82, 2.24) is 14.6 Å². The fourth-order valence-electron chi connectivity index (χ4n) is 8.69. The number of phosphoric ester groups is 1. The molecule has 66 heavy (non-hydrogen) atoms. The van der Waals surface area contributed by atoms with Gasteiger partial charge in [0.1, 0.15) is 42.0 Å². The van der Waals surface area contributed by atoms with Crippen molar-refractivity contribution in [3.05, 3.63) is 89.3 Å². The van der Waals surface area contributed by atoms with E-state index < -0.39 is 43.6 Å². The summed E-state index contributed by atoms with van der Waals surface area (Å²) in [4.78, 5) is 8.54. The Bertz CT molecular complexity index is 2110. The van der Waals surface area contributed by atoms with Crippen molar-refractivity contribution in [2.24, 2.45) is 4.99 Å². The summed E-state index contributed by atoms with van der Waals surface area (Å²) < 4.78 is 67.1. The number of aliphatic imine (C=N–C) groups is 1. The standard InChI is InChI=1S/C50H73ClN5O9P/c1-5-6-7-8-9-10-11-12-13-14-15-16-17-18-19-25-32-58-34-40(59-33-39-26-21-20-22-27-39)35-60-66(57,65-43-29-24-23-28-41(43)51)61-36-44-46-47(64-49(2,3)63-46)50(62-44,37-53-4)45-31-30-42-48(52)54-38-55-56(42)45/h20-24,26-31,37-38,40,44,46-47H,5-19,25,32-36H2,1-4H3,(H2,52,54,55)/t40-,44-,46-,47-,50+,66?/m1/s1. The first-order valence-corrected chi connectivity index (χ1v) is 26.0. The highest BCUT2D eigenvalue weighted by Crippen LogP contribution is 2.54. The van der Waals surface area contributed by atoms with E-state index in [1.54, 1.807) is 48.1 Å². The molecule has 2 aromatic carbocycles. The molecule has 2 fully saturated rings. The second-order valence-electron chi connectivity index (χ2n) is 17.9. The molecule has 0 saturated carbocycles. The van der Waals surface area contributed by atoms with Crippen LogP contribution in [0.5, 0.6) is 5.75 Å². The molecule has 2 aromatic heterocycles. The second kappa shape index (κ2) is 26.4. The topological polar surface area (TPSA) is 159 Å². The third-order valence-electron chi connectivity index (χ3n) is 12.1. The quantitative estimate of drug-likeness (QED) is 0.0281. The van der Waals surface area contributed by atoms with E-state index in [9.17, 15) is 4.57 Å². The Morgan fingerprint density at radius 2 is 1.48 bits per heavy atom. The molecule has 2 N–H and O–H groups in total. The Balaban J connectivity index is 1.05. The summed E-state index contributed by atoms with van der Waals surface area (Å²) in [6, 6.07) is 20.2. The van der Waals surface area contributed by atoms with Gasteiger partial charge in [-0.15, -0.1) is 0 Å². The van der Waals surface area contributed by atoms with Crippen LogP contribution in [0.1, 0.15) is 135 Å². The molecule has 2 saturated heterocycles. The smallest absolute Gasteiger partial charge is 0.402 e. The minimum atomic E-state index is -4.45. The number of ether oxygens (including phenoxy) is 5. The average Bonchev–Trinajstić information content (AvgIpc) is 3.98. The summed E-state index contributed by atoms with van der Waals surface area (Å²) in [6.07, 6.45) is 21.0. The number of nitrogens with zero attached hydrogens (tertiary/aromatic N) is 4. The number of hydrogen-bond donors (Lipinski definition) is 1. The van der Waals surface area contributed by atoms with Gasteiger partial charge in [0, 0.05) is 19.9 Å². The van der Waals surface area contributed by atoms with Crippen LogP contribution in [0.15, 0.2) is 78.0 Å². The zero-order chi connectivity index (χ0) is 46.7. The summed E-state index contributed by atoms with van der Waals surface area (Å²) >= 11 is 6.52. The molecule has 4 aromatic rings. The van der Waals surface area contributed by atoms with E-state index >= 15 is 0 Å². The van der Waals surface area contributed by atoms with Crippen molar-refractivity contribution >= 4 is 37.0 Å². The molecule has 2 aliphatic rings. The van der Waals surface area contributed by atoms with Gasteiger partial charge in [0.05, 0.1) is 37.1 Å². The van der Waals surface area contributed by atoms with Crippen LogP contribution in [-0.4, -0.2) is 84.5 Å². The Labute approximate surface area is 397 Å². The summed E-state index contributed by atoms with van der Waals surface area (Å²) in [5.41, 5.74) is 7.04. The maximum Gasteiger partial charge on any atom is 0.530 e. The van der Waals surface area contributed by atoms with E-state index in [-0.39, 0.29) is 30.6 Å². The molecule has 1 unspecified atom stereocenters. The average molecular weight is 955 g/mol. The maximum absolute atomic E-state index is 14.8. The first-order valence-electron chi connectivity index (χ1n) is 24.2. The minimum absolute atomic E-state index is 0.125. The molecule has 364 valence electrons. The molecule has 6 rings (SSSR count). The SMILES string of the molecule is CCCCCCCCCCCCCCCCCCOC[C@H](COP(=O)(OC[C@H]1O[C@@](C=NC)(c2ccc3c(N)ncnn23)[C@@H]2OC(C)(C)O[C@@H]21)Oc1ccccc1Cl)OCc1ccccc1. The molecule has 0 radical (unpaired) electrons. The van der Waals surface area contributed by atoms with E-state index in [0.717, 1.165) is 18.4 Å². The largest absolute Gasteiger partial charge is 0.530 e. The zero-order valence-corrected chi connectivity index (χ0v) is 41.2. The van der Waals surface area contributed by atoms with E-state index in [2.05, 4.69) is 22.0 Å². The fraction of sp³-hybridized carbons (Fsp3) is 0.620. The molecule has 0 amide bonds. The second-order valence-corrected chi connectivity index (χ2v) is 19.9. The fourth-order valence-corrected chi connectivity index (χ4v) is 10.2. The third kappa shape index (κ3) is 15.0. The normalized spacial score (nSPS) is 21.7. The third-order valence-corrected chi connectivity index (χ3v) is 13.8. The predicted octanol–water partition coefficient (Wildman–Crippen LogP) is 11.9. The Hall–Kier alpha value is -3.43. The number of rotatable bonds is 32. The van der Waals surface area contributed by atoms with Crippen LogP contribution in [0.3, 0.4) is 0 Å². The Kier molecular flexibility index (Phi) is 20.7. The van der Waals surface area contributed by atoms with Crippen LogP contribution in [0, 0.1) is 0 Å². The van der Waals surface area contributed by atoms with Crippen LogP contribution < -0.4 is 10.3 Å². The number of benzene rings is 2. The summed E-state index contributed by atoms with van der Waals surface area (Å²) in [5.74, 6) is -0.584. The van der Waals surface area contributed by atoms with Gasteiger partial charge in [0.15, 0.2) is 17.2 Å². The van der Waals surface area contributed by atoms with Crippen LogP contribution >= 0.6 is 19.4 Å². The molecular formula is C50H73ClN5O9P. The van der Waals surface area contributed by atoms with Crippen LogP contribution in [-0.2, 0) is 49.5 Å². The van der Waals surface area contributed by atoms with Gasteiger partial charge >= 0.3 is 7.82 Å². The number of nitrogen functional groups attached to an aromatic ring is 1. The monoisotopic (exact) mass is 953 g/mol. The van der Waals surface area contributed by atoms with Crippen LogP contribution in [0.2, 0.25) is 5.02 Å². The molecule has 14 nitrogen and oxygen atoms in total. The first kappa shape index (κ1) is 52.0. The van der Waals surface area contributed by atoms with Gasteiger partial charge in [0.25, 0.3) is 0 Å². The van der Waals surface area contributed by atoms with Crippen molar-refractivity contribution in [2.45, 2.75) is 166 Å². The molecule has 4 heterocycles. The lowest BCUT2D eigenvalue weighted by atomic mass is 9.92. The minimum Gasteiger partial charge on any atom is -0.402 e. The number of halogens is 1. The van der Waals surface area contributed by atoms with Gasteiger partial charge in [-0.2, -0.15) is 5.10 Å². The van der Waals surface area contributed by atoms with E-state index in [0.29, 0.717) is 30.2 Å². The number of anilines is 1. The van der Waals surface area contributed by atoms with Crippen molar-refractivity contribution in [3.63, 3.8) is 0 Å². The number of unbranched alkanes of at least 4 members (excludes halogenated alkanes) is 15. The molecule has 0 spiro atoms. The molecule has 6 atom stereocenters. The maximum atomic E-state index is 14.8. The van der Waals surface area contributed by atoms with Crippen molar-refractivity contribution < 1.29 is 41.8 Å². The van der Waals surface area contributed by atoms with Crippen LogP contribution in [0.4, 0.5) is 5.82 Å². The van der Waals surface area contributed by atoms with E-state index in [4.69, 9.17) is 54.6 Å². The number of fused-ring (bicyclic) bond motifs is 2. The summed E-state index contributed by atoms with van der Waals surface area (Å²) in [5, 5.41) is 4.70. The van der Waals surface area contributed by atoms with Gasteiger partial charge in [-0.05, 0) is 50.1 Å². The molecule has 2 aliphatic heterocycles. The first-order chi connectivity index (χ1) is 32.1. The van der Waals surface area contributed by atoms with Crippen molar-refractivity contribution in [3.8, 4) is 5.75 Å². The lowest BCUT2D eigenvalue weighted by molar-refractivity contribution is -0.201. The lowest BCUT2D eigenvalue weighted by Crippen LogP contribution is -2.43. The molecule has 0 aliphatic carbocycles.